The highest BCUT2D eigenvalue weighted by molar-refractivity contribution is 6.11. The molecule has 0 bridgehead atoms. The minimum absolute atomic E-state index is 0.0126. The van der Waals surface area contributed by atoms with Gasteiger partial charge in [-0.05, 0) is 26.0 Å². The van der Waals surface area contributed by atoms with Crippen LogP contribution in [0.5, 0.6) is 0 Å². The fraction of sp³-hybridized carbons (Fsp3) is 0.235. The van der Waals surface area contributed by atoms with E-state index in [9.17, 15) is 14.4 Å². The third-order valence-corrected chi connectivity index (χ3v) is 3.13. The van der Waals surface area contributed by atoms with Gasteiger partial charge in [0.15, 0.2) is 0 Å². The molecule has 0 radical (unpaired) electrons. The maximum Gasteiger partial charge on any atom is 0.342 e. The monoisotopic (exact) mass is 330 g/mol. The molecule has 2 N–H and O–H groups in total. The predicted molar refractivity (Wildman–Crippen MR) is 87.1 cm³/mol. The zero-order valence-electron chi connectivity index (χ0n) is 13.4. The number of hydrogen-bond acceptors (Lipinski definition) is 5. The number of aromatic amines is 1. The minimum Gasteiger partial charge on any atom is -0.462 e. The molecule has 0 spiro atoms. The first-order chi connectivity index (χ1) is 11.6. The van der Waals surface area contributed by atoms with Crippen molar-refractivity contribution in [3.05, 3.63) is 53.2 Å². The van der Waals surface area contributed by atoms with Crippen LogP contribution in [0.15, 0.2) is 36.5 Å². The maximum absolute atomic E-state index is 12.3. The van der Waals surface area contributed by atoms with Gasteiger partial charge in [0.25, 0.3) is 5.91 Å². The van der Waals surface area contributed by atoms with Crippen LogP contribution in [0.3, 0.4) is 0 Å². The van der Waals surface area contributed by atoms with Gasteiger partial charge in [-0.25, -0.2) is 9.59 Å². The Morgan fingerprint density at radius 3 is 2.25 bits per heavy atom. The third-order valence-electron chi connectivity index (χ3n) is 3.13. The Balaban J connectivity index is 2.33. The van der Waals surface area contributed by atoms with E-state index in [1.165, 1.54) is 6.20 Å². The van der Waals surface area contributed by atoms with Crippen LogP contribution in [0.25, 0.3) is 0 Å². The second-order valence-electron chi connectivity index (χ2n) is 4.71. The summed E-state index contributed by atoms with van der Waals surface area (Å²) in [6.07, 6.45) is 1.31. The number of esters is 2. The van der Waals surface area contributed by atoms with Crippen molar-refractivity contribution in [2.24, 2.45) is 0 Å². The summed E-state index contributed by atoms with van der Waals surface area (Å²) in [6.45, 7) is 3.61. The van der Waals surface area contributed by atoms with Gasteiger partial charge in [0, 0.05) is 11.8 Å². The molecular weight excluding hydrogens is 312 g/mol. The first-order valence-corrected chi connectivity index (χ1v) is 7.50. The van der Waals surface area contributed by atoms with Gasteiger partial charge in [0.05, 0.1) is 18.8 Å². The van der Waals surface area contributed by atoms with Crippen molar-refractivity contribution < 1.29 is 23.9 Å². The minimum atomic E-state index is -0.717. The summed E-state index contributed by atoms with van der Waals surface area (Å²) < 4.78 is 9.89. The van der Waals surface area contributed by atoms with E-state index in [1.807, 2.05) is 0 Å². The molecule has 7 heteroatoms. The summed E-state index contributed by atoms with van der Waals surface area (Å²) in [6, 6.07) is 8.50. The van der Waals surface area contributed by atoms with Gasteiger partial charge in [-0.15, -0.1) is 0 Å². The van der Waals surface area contributed by atoms with Crippen molar-refractivity contribution in [2.45, 2.75) is 13.8 Å². The number of carbonyl (C=O) groups is 3. The molecule has 0 saturated heterocycles. The molecule has 0 aliphatic rings. The second kappa shape index (κ2) is 7.96. The van der Waals surface area contributed by atoms with Crippen LogP contribution in [0.2, 0.25) is 0 Å². The summed E-state index contributed by atoms with van der Waals surface area (Å²) in [7, 11) is 0. The van der Waals surface area contributed by atoms with Crippen LogP contribution in [-0.4, -0.2) is 36.0 Å². The topological polar surface area (TPSA) is 97.5 Å². The lowest BCUT2D eigenvalue weighted by Gasteiger charge is -2.08. The smallest absolute Gasteiger partial charge is 0.342 e. The fourth-order valence-corrected chi connectivity index (χ4v) is 2.08. The predicted octanol–water partition coefficient (Wildman–Crippen LogP) is 2.62. The third kappa shape index (κ3) is 3.81. The number of nitrogens with one attached hydrogen (secondary N) is 2. The molecule has 0 saturated carbocycles. The van der Waals surface area contributed by atoms with E-state index in [-0.39, 0.29) is 30.2 Å². The lowest BCUT2D eigenvalue weighted by molar-refractivity contribution is 0.0481. The molecule has 2 aromatic rings. The SMILES string of the molecule is CCOC(=O)c1c[nH]c(NC(=O)c2ccccc2)c1C(=O)OCC. The quantitative estimate of drug-likeness (QED) is 0.794. The zero-order valence-corrected chi connectivity index (χ0v) is 13.4. The van der Waals surface area contributed by atoms with Gasteiger partial charge >= 0.3 is 11.9 Å². The molecule has 126 valence electrons. The molecule has 0 aliphatic carbocycles. The van der Waals surface area contributed by atoms with Crippen molar-refractivity contribution in [1.29, 1.82) is 0 Å². The highest BCUT2D eigenvalue weighted by Crippen LogP contribution is 2.22. The molecule has 1 aromatic heterocycles. The number of carbonyl (C=O) groups excluding carboxylic acids is 3. The molecule has 0 fully saturated rings. The molecule has 0 atom stereocenters. The molecule has 0 aliphatic heterocycles. The Labute approximate surface area is 139 Å². The van der Waals surface area contributed by atoms with E-state index in [0.717, 1.165) is 0 Å². The fourth-order valence-electron chi connectivity index (χ4n) is 2.08. The highest BCUT2D eigenvalue weighted by atomic mass is 16.5. The normalized spacial score (nSPS) is 10.1. The largest absolute Gasteiger partial charge is 0.462 e. The van der Waals surface area contributed by atoms with Crippen molar-refractivity contribution in [3.8, 4) is 0 Å². The van der Waals surface area contributed by atoms with E-state index < -0.39 is 17.8 Å². The van der Waals surface area contributed by atoms with Gasteiger partial charge in [0.2, 0.25) is 0 Å². The van der Waals surface area contributed by atoms with Crippen LogP contribution in [0.4, 0.5) is 5.82 Å². The van der Waals surface area contributed by atoms with E-state index in [2.05, 4.69) is 10.3 Å². The number of H-pyrrole nitrogens is 1. The Hall–Kier alpha value is -3.09. The van der Waals surface area contributed by atoms with Crippen molar-refractivity contribution in [3.63, 3.8) is 0 Å². The molecule has 2 rings (SSSR count). The Morgan fingerprint density at radius 2 is 1.62 bits per heavy atom. The zero-order chi connectivity index (χ0) is 17.5. The van der Waals surface area contributed by atoms with Crippen LogP contribution in [0, 0.1) is 0 Å². The number of benzene rings is 1. The average Bonchev–Trinajstić information content (AvgIpc) is 3.00. The summed E-state index contributed by atoms with van der Waals surface area (Å²) in [4.78, 5) is 39.1. The van der Waals surface area contributed by atoms with Crippen LogP contribution >= 0.6 is 0 Å². The number of hydrogen-bond donors (Lipinski definition) is 2. The van der Waals surface area contributed by atoms with E-state index >= 15 is 0 Å². The van der Waals surface area contributed by atoms with Crippen molar-refractivity contribution in [2.75, 3.05) is 18.5 Å². The maximum atomic E-state index is 12.3. The van der Waals surface area contributed by atoms with Gasteiger partial charge < -0.3 is 19.8 Å². The Kier molecular flexibility index (Phi) is 5.73. The van der Waals surface area contributed by atoms with Crippen molar-refractivity contribution >= 4 is 23.7 Å². The average molecular weight is 330 g/mol. The molecule has 1 amide bonds. The molecular formula is C17H18N2O5. The molecule has 1 heterocycles. The lowest BCUT2D eigenvalue weighted by Crippen LogP contribution is -2.17. The summed E-state index contributed by atoms with van der Waals surface area (Å²) in [5.74, 6) is -1.72. The Bertz CT molecular complexity index is 737. The number of amides is 1. The standard InChI is InChI=1S/C17H18N2O5/c1-3-23-16(21)12-10-18-14(13(12)17(22)24-4-2)19-15(20)11-8-6-5-7-9-11/h5-10,18H,3-4H2,1-2H3,(H,19,20). The van der Waals surface area contributed by atoms with Crippen LogP contribution in [-0.2, 0) is 9.47 Å². The first-order valence-electron chi connectivity index (χ1n) is 7.50. The molecule has 24 heavy (non-hydrogen) atoms. The Morgan fingerprint density at radius 1 is 1.00 bits per heavy atom. The van der Waals surface area contributed by atoms with Gasteiger partial charge in [-0.2, -0.15) is 0 Å². The highest BCUT2D eigenvalue weighted by Gasteiger charge is 2.26. The number of aromatic nitrogens is 1. The van der Waals surface area contributed by atoms with E-state index in [4.69, 9.17) is 9.47 Å². The summed E-state index contributed by atoms with van der Waals surface area (Å²) in [5, 5.41) is 2.58. The number of ether oxygens (including phenoxy) is 2. The molecule has 7 nitrogen and oxygen atoms in total. The van der Waals surface area contributed by atoms with Gasteiger partial charge in [0.1, 0.15) is 11.4 Å². The van der Waals surface area contributed by atoms with Crippen molar-refractivity contribution in [1.82, 2.24) is 4.98 Å². The summed E-state index contributed by atoms with van der Waals surface area (Å²) >= 11 is 0. The van der Waals surface area contributed by atoms with Gasteiger partial charge in [-0.3, -0.25) is 4.79 Å². The van der Waals surface area contributed by atoms with Gasteiger partial charge in [-0.1, -0.05) is 18.2 Å². The number of rotatable bonds is 6. The van der Waals surface area contributed by atoms with E-state index in [1.54, 1.807) is 44.2 Å². The summed E-state index contributed by atoms with van der Waals surface area (Å²) in [5.41, 5.74) is 0.373. The van der Waals surface area contributed by atoms with Crippen LogP contribution < -0.4 is 5.32 Å². The molecule has 0 unspecified atom stereocenters. The second-order valence-corrected chi connectivity index (χ2v) is 4.71. The molecule has 1 aromatic carbocycles. The number of anilines is 1. The van der Waals surface area contributed by atoms with E-state index in [0.29, 0.717) is 5.56 Å². The lowest BCUT2D eigenvalue weighted by atomic mass is 10.1. The first kappa shape index (κ1) is 17.3. The van der Waals surface area contributed by atoms with Crippen LogP contribution in [0.1, 0.15) is 44.9 Å².